The van der Waals surface area contributed by atoms with Crippen LogP contribution in [0, 0.1) is 35.0 Å². The molecule has 0 amide bonds. The molecule has 0 aromatic heterocycles. The van der Waals surface area contributed by atoms with Crippen LogP contribution in [0.25, 0.3) is 0 Å². The summed E-state index contributed by atoms with van der Waals surface area (Å²) >= 11 is 0. The number of hydrogen-bond donors (Lipinski definition) is 0. The maximum absolute atomic E-state index is 12.9. The standard InChI is InChI=1S/C18H24O2/c19-17(20-16-7-11-1-2-15(16)6-11)18-8-12-3-13(9-18)5-14(4-12)10-18/h1-2,11-16H,3-10H2. The molecule has 0 spiro atoms. The molecule has 0 aromatic rings. The van der Waals surface area contributed by atoms with Crippen molar-refractivity contribution in [2.75, 3.05) is 0 Å². The normalized spacial score (nSPS) is 54.6. The Morgan fingerprint density at radius 1 is 0.900 bits per heavy atom. The Hall–Kier alpha value is -0.790. The lowest BCUT2D eigenvalue weighted by molar-refractivity contribution is -0.178. The molecule has 6 bridgehead atoms. The van der Waals surface area contributed by atoms with Crippen molar-refractivity contribution in [3.8, 4) is 0 Å². The summed E-state index contributed by atoms with van der Waals surface area (Å²) in [6.07, 6.45) is 14.7. The van der Waals surface area contributed by atoms with Crippen molar-refractivity contribution >= 4 is 5.97 Å². The third-order valence-electron chi connectivity index (χ3n) is 6.95. The molecule has 0 saturated heterocycles. The Kier molecular flexibility index (Phi) is 2.30. The second-order valence-electron chi connectivity index (χ2n) is 8.42. The zero-order valence-electron chi connectivity index (χ0n) is 12.1. The lowest BCUT2D eigenvalue weighted by Gasteiger charge is -2.55. The van der Waals surface area contributed by atoms with E-state index in [4.69, 9.17) is 4.74 Å². The number of carbonyl (C=O) groups is 1. The molecule has 108 valence electrons. The van der Waals surface area contributed by atoms with E-state index in [0.29, 0.717) is 11.8 Å². The maximum atomic E-state index is 12.9. The van der Waals surface area contributed by atoms with Gasteiger partial charge in [-0.15, -0.1) is 0 Å². The second-order valence-corrected chi connectivity index (χ2v) is 8.42. The minimum atomic E-state index is -0.0691. The van der Waals surface area contributed by atoms with E-state index in [1.54, 1.807) is 0 Å². The highest BCUT2D eigenvalue weighted by Gasteiger charge is 2.56. The third-order valence-corrected chi connectivity index (χ3v) is 6.95. The molecule has 0 heterocycles. The first-order valence-corrected chi connectivity index (χ1v) is 8.60. The van der Waals surface area contributed by atoms with Crippen LogP contribution in [0.1, 0.15) is 51.4 Å². The van der Waals surface area contributed by atoms with Crippen molar-refractivity contribution in [1.82, 2.24) is 0 Å². The van der Waals surface area contributed by atoms with Gasteiger partial charge in [-0.2, -0.15) is 0 Å². The van der Waals surface area contributed by atoms with Gasteiger partial charge in [0, 0.05) is 5.92 Å². The van der Waals surface area contributed by atoms with E-state index in [1.807, 2.05) is 0 Å². The van der Waals surface area contributed by atoms with Gasteiger partial charge in [-0.05, 0) is 75.0 Å². The fourth-order valence-electron chi connectivity index (χ4n) is 6.49. The van der Waals surface area contributed by atoms with Gasteiger partial charge in [0.2, 0.25) is 0 Å². The molecular formula is C18H24O2. The quantitative estimate of drug-likeness (QED) is 0.566. The van der Waals surface area contributed by atoms with Gasteiger partial charge in [0.1, 0.15) is 6.10 Å². The highest BCUT2D eigenvalue weighted by molar-refractivity contribution is 5.77. The Bertz CT molecular complexity index is 443. The summed E-state index contributed by atoms with van der Waals surface area (Å²) in [5.41, 5.74) is -0.0691. The van der Waals surface area contributed by atoms with Crippen molar-refractivity contribution in [2.45, 2.75) is 57.5 Å². The van der Waals surface area contributed by atoms with Crippen molar-refractivity contribution < 1.29 is 9.53 Å². The fourth-order valence-corrected chi connectivity index (χ4v) is 6.49. The molecule has 0 radical (unpaired) electrons. The number of esters is 1. The average Bonchev–Trinajstić information content (AvgIpc) is 2.99. The number of hydrogen-bond acceptors (Lipinski definition) is 2. The van der Waals surface area contributed by atoms with E-state index in [-0.39, 0.29) is 17.5 Å². The first-order chi connectivity index (χ1) is 9.70. The number of rotatable bonds is 2. The van der Waals surface area contributed by atoms with Gasteiger partial charge >= 0.3 is 5.97 Å². The number of fused-ring (bicyclic) bond motifs is 2. The van der Waals surface area contributed by atoms with E-state index < -0.39 is 0 Å². The monoisotopic (exact) mass is 272 g/mol. The smallest absolute Gasteiger partial charge is 0.312 e. The molecule has 3 unspecified atom stereocenters. The van der Waals surface area contributed by atoms with Crippen molar-refractivity contribution in [3.63, 3.8) is 0 Å². The summed E-state index contributed by atoms with van der Waals surface area (Å²) in [6.45, 7) is 0. The van der Waals surface area contributed by atoms with E-state index in [2.05, 4.69) is 12.2 Å². The molecule has 2 nitrogen and oxygen atoms in total. The molecule has 0 aliphatic heterocycles. The molecule has 6 rings (SSSR count). The molecule has 0 aromatic carbocycles. The van der Waals surface area contributed by atoms with Gasteiger partial charge in [0.25, 0.3) is 0 Å². The molecule has 6 aliphatic carbocycles. The largest absolute Gasteiger partial charge is 0.461 e. The summed E-state index contributed by atoms with van der Waals surface area (Å²) in [5, 5.41) is 0. The zero-order valence-corrected chi connectivity index (χ0v) is 12.1. The summed E-state index contributed by atoms with van der Waals surface area (Å²) in [7, 11) is 0. The van der Waals surface area contributed by atoms with Gasteiger partial charge in [-0.25, -0.2) is 0 Å². The summed E-state index contributed by atoms with van der Waals surface area (Å²) in [6, 6.07) is 0. The van der Waals surface area contributed by atoms with E-state index >= 15 is 0 Å². The average molecular weight is 272 g/mol. The Morgan fingerprint density at radius 2 is 1.55 bits per heavy atom. The predicted octanol–water partition coefficient (Wildman–Crippen LogP) is 3.71. The highest BCUT2D eigenvalue weighted by Crippen LogP contribution is 2.60. The van der Waals surface area contributed by atoms with Crippen LogP contribution in [0.3, 0.4) is 0 Å². The van der Waals surface area contributed by atoms with E-state index in [0.717, 1.165) is 43.4 Å². The first kappa shape index (κ1) is 11.8. The molecule has 0 N–H and O–H groups in total. The number of ether oxygens (including phenoxy) is 1. The Labute approximate surface area is 120 Å². The van der Waals surface area contributed by atoms with Crippen LogP contribution in [0.15, 0.2) is 12.2 Å². The van der Waals surface area contributed by atoms with Gasteiger partial charge in [0.15, 0.2) is 0 Å². The van der Waals surface area contributed by atoms with Crippen LogP contribution in [-0.2, 0) is 9.53 Å². The number of allylic oxidation sites excluding steroid dienone is 1. The third kappa shape index (κ3) is 1.60. The lowest BCUT2D eigenvalue weighted by Crippen LogP contribution is -2.51. The molecule has 20 heavy (non-hydrogen) atoms. The van der Waals surface area contributed by atoms with Gasteiger partial charge < -0.3 is 4.74 Å². The molecule has 3 atom stereocenters. The van der Waals surface area contributed by atoms with Crippen LogP contribution in [-0.4, -0.2) is 12.1 Å². The SMILES string of the molecule is O=C(OC1CC2C=CC1C2)C12CC3CC(CC(C3)C1)C2. The van der Waals surface area contributed by atoms with Crippen LogP contribution >= 0.6 is 0 Å². The molecule has 6 aliphatic rings. The Balaban J connectivity index is 1.35. The van der Waals surface area contributed by atoms with Crippen LogP contribution in [0.2, 0.25) is 0 Å². The van der Waals surface area contributed by atoms with Gasteiger partial charge in [-0.3, -0.25) is 4.79 Å². The summed E-state index contributed by atoms with van der Waals surface area (Å²) in [5.74, 6) is 3.88. The second kappa shape index (κ2) is 3.90. The fraction of sp³-hybridized carbons (Fsp3) is 0.833. The lowest BCUT2D eigenvalue weighted by atomic mass is 9.49. The topological polar surface area (TPSA) is 26.3 Å². The van der Waals surface area contributed by atoms with E-state index in [9.17, 15) is 4.79 Å². The predicted molar refractivity (Wildman–Crippen MR) is 75.8 cm³/mol. The summed E-state index contributed by atoms with van der Waals surface area (Å²) in [4.78, 5) is 12.9. The van der Waals surface area contributed by atoms with Gasteiger partial charge in [0.05, 0.1) is 5.41 Å². The van der Waals surface area contributed by atoms with Crippen molar-refractivity contribution in [1.29, 1.82) is 0 Å². The summed E-state index contributed by atoms with van der Waals surface area (Å²) < 4.78 is 6.04. The molecule has 2 heteroatoms. The van der Waals surface area contributed by atoms with Crippen LogP contribution in [0.5, 0.6) is 0 Å². The molecule has 5 fully saturated rings. The molecule has 5 saturated carbocycles. The highest BCUT2D eigenvalue weighted by atomic mass is 16.5. The number of carbonyl (C=O) groups excluding carboxylic acids is 1. The van der Waals surface area contributed by atoms with Crippen LogP contribution in [0.4, 0.5) is 0 Å². The zero-order chi connectivity index (χ0) is 13.3. The van der Waals surface area contributed by atoms with Crippen LogP contribution < -0.4 is 0 Å². The minimum absolute atomic E-state index is 0.0691. The Morgan fingerprint density at radius 3 is 2.05 bits per heavy atom. The molecular weight excluding hydrogens is 248 g/mol. The van der Waals surface area contributed by atoms with E-state index in [1.165, 1.54) is 25.7 Å². The maximum Gasteiger partial charge on any atom is 0.312 e. The van der Waals surface area contributed by atoms with Crippen molar-refractivity contribution in [2.24, 2.45) is 35.0 Å². The first-order valence-electron chi connectivity index (χ1n) is 8.60. The van der Waals surface area contributed by atoms with Crippen molar-refractivity contribution in [3.05, 3.63) is 12.2 Å². The minimum Gasteiger partial charge on any atom is -0.461 e. The van der Waals surface area contributed by atoms with Gasteiger partial charge in [-0.1, -0.05) is 12.2 Å².